The number of halogens is 1. The second-order valence-corrected chi connectivity index (χ2v) is 9.65. The summed E-state index contributed by atoms with van der Waals surface area (Å²) in [5.41, 5.74) is 3.00. The van der Waals surface area contributed by atoms with Gasteiger partial charge in [0.05, 0.1) is 23.2 Å². The molecule has 0 aliphatic carbocycles. The number of aromatic nitrogens is 1. The zero-order chi connectivity index (χ0) is 19.6. The Kier molecular flexibility index (Phi) is 5.98. The first-order valence-electron chi connectivity index (χ1n) is 8.73. The largest absolute Gasteiger partial charge is 0.349 e. The van der Waals surface area contributed by atoms with Gasteiger partial charge in [-0.05, 0) is 44.0 Å². The summed E-state index contributed by atoms with van der Waals surface area (Å²) in [6.07, 6.45) is 2.44. The van der Waals surface area contributed by atoms with Crippen LogP contribution in [0.25, 0.3) is 11.3 Å². The van der Waals surface area contributed by atoms with E-state index in [0.29, 0.717) is 37.2 Å². The number of pyridine rings is 1. The average Bonchev–Trinajstić information content (AvgIpc) is 2.61. The molecule has 0 saturated carbocycles. The summed E-state index contributed by atoms with van der Waals surface area (Å²) in [6.45, 7) is 2.69. The van der Waals surface area contributed by atoms with E-state index >= 15 is 0 Å². The van der Waals surface area contributed by atoms with Crippen LogP contribution in [-0.2, 0) is 10.0 Å². The number of nitrogens with one attached hydrogen (secondary N) is 1. The highest BCUT2D eigenvalue weighted by atomic mass is 79.9. The molecule has 0 atom stereocenters. The third-order valence-electron chi connectivity index (χ3n) is 4.71. The van der Waals surface area contributed by atoms with Gasteiger partial charge in [0.15, 0.2) is 0 Å². The van der Waals surface area contributed by atoms with Crippen molar-refractivity contribution in [1.82, 2.24) is 14.6 Å². The summed E-state index contributed by atoms with van der Waals surface area (Å²) in [7, 11) is -3.16. The molecular formula is C19H22BrN3O3S. The Morgan fingerprint density at radius 1 is 1.22 bits per heavy atom. The summed E-state index contributed by atoms with van der Waals surface area (Å²) in [5.74, 6) is -0.168. The van der Waals surface area contributed by atoms with Gasteiger partial charge in [0.25, 0.3) is 5.91 Å². The molecule has 1 aromatic heterocycles. The number of aryl methyl sites for hydroxylation is 1. The number of nitrogens with zero attached hydrogens (tertiary/aromatic N) is 2. The molecule has 1 N–H and O–H groups in total. The van der Waals surface area contributed by atoms with E-state index < -0.39 is 10.0 Å². The van der Waals surface area contributed by atoms with Gasteiger partial charge in [-0.25, -0.2) is 12.7 Å². The van der Waals surface area contributed by atoms with Crippen molar-refractivity contribution in [1.29, 1.82) is 0 Å². The summed E-state index contributed by atoms with van der Waals surface area (Å²) in [4.78, 5) is 17.2. The van der Waals surface area contributed by atoms with E-state index in [1.165, 1.54) is 10.6 Å². The molecule has 0 bridgehead atoms. The lowest BCUT2D eigenvalue weighted by Crippen LogP contribution is -2.46. The monoisotopic (exact) mass is 451 g/mol. The van der Waals surface area contributed by atoms with E-state index in [1.807, 2.05) is 37.3 Å². The topological polar surface area (TPSA) is 79.4 Å². The molecule has 8 heteroatoms. The van der Waals surface area contributed by atoms with Crippen LogP contribution in [0.15, 0.2) is 40.9 Å². The van der Waals surface area contributed by atoms with Crippen LogP contribution >= 0.6 is 15.9 Å². The second kappa shape index (κ2) is 8.08. The number of piperidine rings is 1. The molecule has 1 amide bonds. The van der Waals surface area contributed by atoms with Gasteiger partial charge in [-0.3, -0.25) is 9.78 Å². The lowest BCUT2D eigenvalue weighted by molar-refractivity contribution is 0.0923. The van der Waals surface area contributed by atoms with E-state index in [0.717, 1.165) is 15.7 Å². The Balaban J connectivity index is 1.67. The van der Waals surface area contributed by atoms with Crippen LogP contribution in [0.4, 0.5) is 0 Å². The van der Waals surface area contributed by atoms with Crippen LogP contribution < -0.4 is 5.32 Å². The predicted octanol–water partition coefficient (Wildman–Crippen LogP) is 2.97. The minimum absolute atomic E-state index is 0.0281. The van der Waals surface area contributed by atoms with Gasteiger partial charge < -0.3 is 5.32 Å². The molecule has 1 aromatic carbocycles. The van der Waals surface area contributed by atoms with Crippen LogP contribution in [-0.4, -0.2) is 49.0 Å². The molecule has 3 rings (SSSR count). The fraction of sp³-hybridized carbons (Fsp3) is 0.368. The summed E-state index contributed by atoms with van der Waals surface area (Å²) < 4.78 is 25.6. The second-order valence-electron chi connectivity index (χ2n) is 6.75. The molecule has 6 nitrogen and oxygen atoms in total. The Morgan fingerprint density at radius 3 is 2.52 bits per heavy atom. The van der Waals surface area contributed by atoms with Crippen LogP contribution in [0.2, 0.25) is 0 Å². The van der Waals surface area contributed by atoms with Crippen LogP contribution in [0.5, 0.6) is 0 Å². The van der Waals surface area contributed by atoms with Gasteiger partial charge >= 0.3 is 0 Å². The van der Waals surface area contributed by atoms with Gasteiger partial charge in [0, 0.05) is 29.2 Å². The van der Waals surface area contributed by atoms with Crippen molar-refractivity contribution in [3.63, 3.8) is 0 Å². The lowest BCUT2D eigenvalue weighted by atomic mass is 10.0. The molecule has 1 saturated heterocycles. The van der Waals surface area contributed by atoms with Crippen molar-refractivity contribution in [3.05, 3.63) is 52.1 Å². The van der Waals surface area contributed by atoms with Crippen molar-refractivity contribution >= 4 is 31.9 Å². The van der Waals surface area contributed by atoms with Crippen LogP contribution in [0.3, 0.4) is 0 Å². The fourth-order valence-corrected chi connectivity index (χ4v) is 4.48. The highest BCUT2D eigenvalue weighted by Gasteiger charge is 2.26. The van der Waals surface area contributed by atoms with E-state index in [1.54, 1.807) is 6.07 Å². The number of rotatable bonds is 4. The first-order valence-corrected chi connectivity index (χ1v) is 11.4. The van der Waals surface area contributed by atoms with Crippen molar-refractivity contribution in [2.24, 2.45) is 0 Å². The first-order chi connectivity index (χ1) is 12.7. The van der Waals surface area contributed by atoms with E-state index in [-0.39, 0.29) is 11.9 Å². The van der Waals surface area contributed by atoms with E-state index in [2.05, 4.69) is 26.2 Å². The number of benzene rings is 1. The number of amides is 1. The maximum atomic E-state index is 12.6. The Bertz CT molecular complexity index is 954. The molecule has 1 aliphatic heterocycles. The first kappa shape index (κ1) is 20.0. The average molecular weight is 452 g/mol. The van der Waals surface area contributed by atoms with Crippen molar-refractivity contribution in [3.8, 4) is 11.3 Å². The minimum Gasteiger partial charge on any atom is -0.349 e. The quantitative estimate of drug-likeness (QED) is 0.774. The number of hydrogen-bond donors (Lipinski definition) is 1. The summed E-state index contributed by atoms with van der Waals surface area (Å²) in [5, 5.41) is 3.01. The maximum Gasteiger partial charge on any atom is 0.253 e. The van der Waals surface area contributed by atoms with Gasteiger partial charge in [-0.2, -0.15) is 0 Å². The van der Waals surface area contributed by atoms with Gasteiger partial charge in [0.1, 0.15) is 0 Å². The molecule has 0 unspecified atom stereocenters. The Labute approximate surface area is 168 Å². The third-order valence-corrected chi connectivity index (χ3v) is 6.51. The molecule has 2 heterocycles. The molecule has 27 heavy (non-hydrogen) atoms. The van der Waals surface area contributed by atoms with Crippen molar-refractivity contribution in [2.45, 2.75) is 25.8 Å². The van der Waals surface area contributed by atoms with Crippen molar-refractivity contribution in [2.75, 3.05) is 19.3 Å². The number of hydrogen-bond acceptors (Lipinski definition) is 4. The van der Waals surface area contributed by atoms with Crippen LogP contribution in [0, 0.1) is 6.92 Å². The van der Waals surface area contributed by atoms with Crippen molar-refractivity contribution < 1.29 is 13.2 Å². The highest BCUT2D eigenvalue weighted by molar-refractivity contribution is 9.10. The molecule has 2 aromatic rings. The number of carbonyl (C=O) groups excluding carboxylic acids is 1. The Morgan fingerprint density at radius 2 is 1.93 bits per heavy atom. The molecule has 0 spiro atoms. The summed E-state index contributed by atoms with van der Waals surface area (Å²) >= 11 is 3.45. The van der Waals surface area contributed by atoms with Crippen LogP contribution in [0.1, 0.15) is 28.9 Å². The SMILES string of the molecule is Cc1nc(-c2cccc(Br)c2)ccc1C(=O)NC1CCN(S(C)(=O)=O)CC1. The predicted molar refractivity (Wildman–Crippen MR) is 109 cm³/mol. The zero-order valence-electron chi connectivity index (χ0n) is 15.3. The fourth-order valence-electron chi connectivity index (χ4n) is 3.20. The molecule has 1 aliphatic rings. The highest BCUT2D eigenvalue weighted by Crippen LogP contribution is 2.23. The Hall–Kier alpha value is -1.77. The smallest absolute Gasteiger partial charge is 0.253 e. The molecular weight excluding hydrogens is 430 g/mol. The minimum atomic E-state index is -3.16. The molecule has 0 radical (unpaired) electrons. The normalized spacial score (nSPS) is 16.3. The standard InChI is InChI=1S/C19H22BrN3O3S/c1-13-17(6-7-18(21-13)14-4-3-5-15(20)12-14)19(24)22-16-8-10-23(11-9-16)27(2,25)26/h3-7,12,16H,8-11H2,1-2H3,(H,22,24). The van der Waals surface area contributed by atoms with Gasteiger partial charge in [-0.15, -0.1) is 0 Å². The third kappa shape index (κ3) is 4.94. The maximum absolute atomic E-state index is 12.6. The van der Waals surface area contributed by atoms with Gasteiger partial charge in [-0.1, -0.05) is 28.1 Å². The molecule has 144 valence electrons. The number of carbonyl (C=O) groups is 1. The molecule has 1 fully saturated rings. The lowest BCUT2D eigenvalue weighted by Gasteiger charge is -2.30. The van der Waals surface area contributed by atoms with E-state index in [4.69, 9.17) is 0 Å². The summed E-state index contributed by atoms with van der Waals surface area (Å²) in [6, 6.07) is 11.5. The zero-order valence-corrected chi connectivity index (χ0v) is 17.7. The van der Waals surface area contributed by atoms with E-state index in [9.17, 15) is 13.2 Å². The van der Waals surface area contributed by atoms with Gasteiger partial charge in [0.2, 0.25) is 10.0 Å². The number of sulfonamides is 1.